The quantitative estimate of drug-likeness (QED) is 0.457. The highest BCUT2D eigenvalue weighted by atomic mass is 35.5. The van der Waals surface area contributed by atoms with E-state index in [0.717, 1.165) is 24.0 Å². The van der Waals surface area contributed by atoms with Gasteiger partial charge in [-0.15, -0.1) is 0 Å². The van der Waals surface area contributed by atoms with Crippen molar-refractivity contribution in [2.24, 2.45) is 11.8 Å². The van der Waals surface area contributed by atoms with E-state index in [0.29, 0.717) is 20.1 Å². The van der Waals surface area contributed by atoms with Crippen molar-refractivity contribution in [3.63, 3.8) is 0 Å². The Kier molecular flexibility index (Phi) is 7.56. The molecule has 0 saturated heterocycles. The van der Waals surface area contributed by atoms with E-state index in [1.54, 1.807) is 24.3 Å². The first-order valence-electron chi connectivity index (χ1n) is 9.32. The van der Waals surface area contributed by atoms with Crippen molar-refractivity contribution in [3.05, 3.63) is 67.6 Å². The largest absolute Gasteiger partial charge is 0.469 e. The lowest BCUT2D eigenvalue weighted by molar-refractivity contribution is -0.143. The van der Waals surface area contributed by atoms with Gasteiger partial charge in [-0.1, -0.05) is 46.4 Å². The Hall–Kier alpha value is -1.46. The molecule has 0 N–H and O–H groups in total. The van der Waals surface area contributed by atoms with E-state index in [4.69, 9.17) is 46.4 Å². The minimum atomic E-state index is -0.170. The highest BCUT2D eigenvalue weighted by Gasteiger charge is 2.46. The molecule has 160 valence electrons. The van der Waals surface area contributed by atoms with Gasteiger partial charge in [-0.25, -0.2) is 0 Å². The first-order valence-corrected chi connectivity index (χ1v) is 10.8. The van der Waals surface area contributed by atoms with Gasteiger partial charge in [0.25, 0.3) is 0 Å². The molecule has 2 saturated carbocycles. The van der Waals surface area contributed by atoms with Crippen LogP contribution in [0, 0.1) is 11.8 Å². The fourth-order valence-corrected chi connectivity index (χ4v) is 4.38. The minimum absolute atomic E-state index is 0.0500. The predicted octanol–water partition coefficient (Wildman–Crippen LogP) is 6.54. The van der Waals surface area contributed by atoms with Crippen molar-refractivity contribution in [3.8, 4) is 0 Å². The van der Waals surface area contributed by atoms with Gasteiger partial charge in [-0.3, -0.25) is 9.59 Å². The van der Waals surface area contributed by atoms with Crippen molar-refractivity contribution in [2.45, 2.75) is 24.7 Å². The summed E-state index contributed by atoms with van der Waals surface area (Å²) in [6.07, 6.45) is 1.60. The summed E-state index contributed by atoms with van der Waals surface area (Å²) in [7, 11) is 2.80. The highest BCUT2D eigenvalue weighted by Crippen LogP contribution is 2.51. The van der Waals surface area contributed by atoms with Crippen molar-refractivity contribution >= 4 is 58.3 Å². The van der Waals surface area contributed by atoms with Crippen LogP contribution in [0.15, 0.2) is 36.4 Å². The molecule has 0 aliphatic heterocycles. The van der Waals surface area contributed by atoms with Crippen molar-refractivity contribution in [1.82, 2.24) is 0 Å². The first kappa shape index (κ1) is 23.2. The molecular weight excluding hydrogens is 470 g/mol. The van der Waals surface area contributed by atoms with E-state index in [2.05, 4.69) is 9.47 Å². The highest BCUT2D eigenvalue weighted by molar-refractivity contribution is 6.34. The third kappa shape index (κ3) is 5.42. The lowest BCUT2D eigenvalue weighted by Crippen LogP contribution is -2.04. The Morgan fingerprint density at radius 1 is 0.733 bits per heavy atom. The Labute approximate surface area is 195 Å². The second-order valence-electron chi connectivity index (χ2n) is 7.28. The number of rotatable bonds is 4. The third-order valence-corrected chi connectivity index (χ3v) is 6.46. The first-order chi connectivity index (χ1) is 14.3. The third-order valence-electron chi connectivity index (χ3n) is 5.30. The second-order valence-corrected chi connectivity index (χ2v) is 8.96. The normalized spacial score (nSPS) is 23.7. The van der Waals surface area contributed by atoms with Crippen LogP contribution in [0.3, 0.4) is 0 Å². The molecule has 2 aliphatic rings. The van der Waals surface area contributed by atoms with Gasteiger partial charge in [0.15, 0.2) is 0 Å². The molecule has 0 spiro atoms. The smallest absolute Gasteiger partial charge is 0.309 e. The van der Waals surface area contributed by atoms with E-state index in [1.807, 2.05) is 12.1 Å². The van der Waals surface area contributed by atoms with Gasteiger partial charge in [-0.05, 0) is 72.2 Å². The molecule has 4 nitrogen and oxygen atoms in total. The van der Waals surface area contributed by atoms with Crippen molar-refractivity contribution in [1.29, 1.82) is 0 Å². The van der Waals surface area contributed by atoms with Crippen LogP contribution in [0.1, 0.15) is 35.8 Å². The van der Waals surface area contributed by atoms with E-state index in [9.17, 15) is 9.59 Å². The zero-order chi connectivity index (χ0) is 22.0. The monoisotopic (exact) mass is 488 g/mol. The molecule has 2 aliphatic carbocycles. The van der Waals surface area contributed by atoms with Crippen LogP contribution in [-0.4, -0.2) is 26.2 Å². The number of esters is 2. The number of carbonyl (C=O) groups is 2. The van der Waals surface area contributed by atoms with Crippen LogP contribution in [-0.2, 0) is 19.1 Å². The summed E-state index contributed by atoms with van der Waals surface area (Å²) in [5, 5.41) is 2.61. The summed E-state index contributed by atoms with van der Waals surface area (Å²) < 4.78 is 9.36. The molecule has 4 unspecified atom stereocenters. The maximum atomic E-state index is 11.3. The maximum Gasteiger partial charge on any atom is 0.309 e. The summed E-state index contributed by atoms with van der Waals surface area (Å²) in [6, 6.07) is 10.6. The van der Waals surface area contributed by atoms with Gasteiger partial charge in [0.2, 0.25) is 0 Å². The molecule has 0 heterocycles. The molecule has 0 aromatic heterocycles. The SMILES string of the molecule is COC(=O)C1CC1c1cc(Cl)ccc1Cl.COC(=O)C1CC1c1cc(Cl)ccc1Cl. The number of carbonyl (C=O) groups excluding carboxylic acids is 2. The van der Waals surface area contributed by atoms with Gasteiger partial charge in [0, 0.05) is 20.1 Å². The van der Waals surface area contributed by atoms with Crippen LogP contribution in [0.5, 0.6) is 0 Å². The van der Waals surface area contributed by atoms with Gasteiger partial charge in [0.05, 0.1) is 26.1 Å². The number of halogens is 4. The van der Waals surface area contributed by atoms with Gasteiger partial charge < -0.3 is 9.47 Å². The molecule has 2 aromatic carbocycles. The molecule has 0 bridgehead atoms. The van der Waals surface area contributed by atoms with Gasteiger partial charge in [0.1, 0.15) is 0 Å². The van der Waals surface area contributed by atoms with Gasteiger partial charge in [-0.2, -0.15) is 0 Å². The molecule has 0 amide bonds. The Morgan fingerprint density at radius 2 is 1.10 bits per heavy atom. The summed E-state index contributed by atoms with van der Waals surface area (Å²) in [5.41, 5.74) is 1.89. The number of benzene rings is 2. The molecule has 2 fully saturated rings. The summed E-state index contributed by atoms with van der Waals surface area (Å²) in [6.45, 7) is 0. The Morgan fingerprint density at radius 3 is 1.43 bits per heavy atom. The number of hydrogen-bond donors (Lipinski definition) is 0. The lowest BCUT2D eigenvalue weighted by atomic mass is 10.1. The van der Waals surface area contributed by atoms with Crippen LogP contribution in [0.25, 0.3) is 0 Å². The van der Waals surface area contributed by atoms with Crippen LogP contribution >= 0.6 is 46.4 Å². The number of ether oxygens (including phenoxy) is 2. The fourth-order valence-electron chi connectivity index (χ4n) is 3.50. The lowest BCUT2D eigenvalue weighted by Gasteiger charge is -2.03. The molecule has 30 heavy (non-hydrogen) atoms. The van der Waals surface area contributed by atoms with E-state index >= 15 is 0 Å². The standard InChI is InChI=1S/2C11H10Cl2O2/c2*1-15-11(14)9-5-7(9)8-4-6(12)2-3-10(8)13/h2*2-4,7,9H,5H2,1H3. The topological polar surface area (TPSA) is 52.6 Å². The fraction of sp³-hybridized carbons (Fsp3) is 0.364. The summed E-state index contributed by atoms with van der Waals surface area (Å²) in [5.74, 6) is -0.101. The number of hydrogen-bond acceptors (Lipinski definition) is 4. The van der Waals surface area contributed by atoms with Crippen molar-refractivity contribution in [2.75, 3.05) is 14.2 Å². The maximum absolute atomic E-state index is 11.3. The van der Waals surface area contributed by atoms with E-state index in [1.165, 1.54) is 14.2 Å². The zero-order valence-electron chi connectivity index (χ0n) is 16.3. The van der Waals surface area contributed by atoms with E-state index in [-0.39, 0.29) is 35.6 Å². The van der Waals surface area contributed by atoms with Crippen molar-refractivity contribution < 1.29 is 19.1 Å². The van der Waals surface area contributed by atoms with Gasteiger partial charge >= 0.3 is 11.9 Å². The second kappa shape index (κ2) is 9.78. The Bertz CT molecular complexity index is 885. The predicted molar refractivity (Wildman–Crippen MR) is 119 cm³/mol. The van der Waals surface area contributed by atoms with E-state index < -0.39 is 0 Å². The number of methoxy groups -OCH3 is 2. The minimum Gasteiger partial charge on any atom is -0.469 e. The van der Waals surface area contributed by atoms with Crippen LogP contribution in [0.4, 0.5) is 0 Å². The molecule has 8 heteroatoms. The van der Waals surface area contributed by atoms with Crippen LogP contribution < -0.4 is 0 Å². The summed E-state index contributed by atoms with van der Waals surface area (Å²) >= 11 is 23.8. The molecule has 4 rings (SSSR count). The summed E-state index contributed by atoms with van der Waals surface area (Å²) in [4.78, 5) is 22.5. The average molecular weight is 490 g/mol. The molecule has 2 aromatic rings. The van der Waals surface area contributed by atoms with Crippen LogP contribution in [0.2, 0.25) is 20.1 Å². The zero-order valence-corrected chi connectivity index (χ0v) is 19.4. The average Bonchev–Trinajstić information content (AvgIpc) is 3.64. The Balaban J connectivity index is 0.000000171. The molecular formula is C22H20Cl4O4. The molecule has 0 radical (unpaired) electrons. The molecule has 4 atom stereocenters.